The number of hydrogen-bond acceptors (Lipinski definition) is 4. The van der Waals surface area contributed by atoms with E-state index in [1.54, 1.807) is 0 Å². The summed E-state index contributed by atoms with van der Waals surface area (Å²) in [4.78, 5) is 12.1. The molecular formula is C11H10N4. The molecule has 2 heterocycles. The van der Waals surface area contributed by atoms with Crippen LogP contribution in [0.15, 0.2) is 30.9 Å². The molecule has 4 nitrogen and oxygen atoms in total. The molecule has 0 atom stereocenters. The fourth-order valence-electron chi connectivity index (χ4n) is 1.83. The van der Waals surface area contributed by atoms with Crippen LogP contribution in [0.25, 0.3) is 11.4 Å². The number of benzene rings is 1. The largest absolute Gasteiger partial charge is 0.384 e. The second-order valence-electron chi connectivity index (χ2n) is 3.51. The lowest BCUT2D eigenvalue weighted by Gasteiger charge is -2.02. The van der Waals surface area contributed by atoms with Crippen LogP contribution in [0, 0.1) is 0 Å². The van der Waals surface area contributed by atoms with E-state index in [0.29, 0.717) is 0 Å². The van der Waals surface area contributed by atoms with Crippen LogP contribution in [0.2, 0.25) is 0 Å². The summed E-state index contributed by atoms with van der Waals surface area (Å²) in [6.07, 6.45) is 4.12. The maximum absolute atomic E-state index is 4.13. The van der Waals surface area contributed by atoms with Gasteiger partial charge in [0.25, 0.3) is 0 Å². The van der Waals surface area contributed by atoms with Gasteiger partial charge in [0, 0.05) is 17.8 Å². The summed E-state index contributed by atoms with van der Waals surface area (Å²) in [5.74, 6) is 0.736. The third-order valence-electron chi connectivity index (χ3n) is 2.57. The number of aromatic nitrogens is 3. The van der Waals surface area contributed by atoms with Gasteiger partial charge in [-0.05, 0) is 30.2 Å². The molecule has 0 radical (unpaired) electrons. The predicted octanol–water partition coefficient (Wildman–Crippen LogP) is 1.51. The van der Waals surface area contributed by atoms with Gasteiger partial charge in [0.1, 0.15) is 12.7 Å². The van der Waals surface area contributed by atoms with Crippen LogP contribution >= 0.6 is 0 Å². The lowest BCUT2D eigenvalue weighted by Crippen LogP contribution is -1.91. The number of rotatable bonds is 1. The van der Waals surface area contributed by atoms with Gasteiger partial charge in [-0.25, -0.2) is 15.0 Å². The Morgan fingerprint density at radius 1 is 1.13 bits per heavy atom. The minimum Gasteiger partial charge on any atom is -0.384 e. The van der Waals surface area contributed by atoms with Gasteiger partial charge in [-0.1, -0.05) is 0 Å². The molecule has 3 rings (SSSR count). The SMILES string of the molecule is c1ncnc(-c2ccc3c(c2)CCN3)n1. The van der Waals surface area contributed by atoms with E-state index in [0.717, 1.165) is 24.4 Å². The minimum absolute atomic E-state index is 0.736. The van der Waals surface area contributed by atoms with E-state index in [-0.39, 0.29) is 0 Å². The number of hydrogen-bond donors (Lipinski definition) is 1. The number of anilines is 1. The lowest BCUT2D eigenvalue weighted by atomic mass is 10.1. The third kappa shape index (κ3) is 1.44. The van der Waals surface area contributed by atoms with Gasteiger partial charge in [-0.2, -0.15) is 0 Å². The molecule has 15 heavy (non-hydrogen) atoms. The zero-order chi connectivity index (χ0) is 10.1. The van der Waals surface area contributed by atoms with Gasteiger partial charge in [-0.15, -0.1) is 0 Å². The number of nitrogens with one attached hydrogen (secondary N) is 1. The molecule has 0 saturated carbocycles. The van der Waals surface area contributed by atoms with E-state index >= 15 is 0 Å². The molecule has 1 N–H and O–H groups in total. The third-order valence-corrected chi connectivity index (χ3v) is 2.57. The minimum atomic E-state index is 0.736. The number of nitrogens with zero attached hydrogens (tertiary/aromatic N) is 3. The van der Waals surface area contributed by atoms with Crippen molar-refractivity contribution in [2.24, 2.45) is 0 Å². The summed E-state index contributed by atoms with van der Waals surface area (Å²) in [5, 5.41) is 3.33. The van der Waals surface area contributed by atoms with Crippen LogP contribution in [0.5, 0.6) is 0 Å². The lowest BCUT2D eigenvalue weighted by molar-refractivity contribution is 1.05. The molecule has 1 aromatic heterocycles. The second-order valence-corrected chi connectivity index (χ2v) is 3.51. The van der Waals surface area contributed by atoms with Gasteiger partial charge in [0.2, 0.25) is 0 Å². The molecular weight excluding hydrogens is 188 g/mol. The van der Waals surface area contributed by atoms with Crippen molar-refractivity contribution in [2.75, 3.05) is 11.9 Å². The Morgan fingerprint density at radius 3 is 2.87 bits per heavy atom. The van der Waals surface area contributed by atoms with Gasteiger partial charge >= 0.3 is 0 Å². The Bertz CT molecular complexity index is 481. The Hall–Kier alpha value is -1.97. The maximum atomic E-state index is 4.13. The van der Waals surface area contributed by atoms with Crippen molar-refractivity contribution in [3.05, 3.63) is 36.4 Å². The average molecular weight is 198 g/mol. The molecule has 0 amide bonds. The second kappa shape index (κ2) is 3.31. The first kappa shape index (κ1) is 8.35. The molecule has 1 aliphatic rings. The van der Waals surface area contributed by atoms with Crippen LogP contribution in [0.1, 0.15) is 5.56 Å². The van der Waals surface area contributed by atoms with Crippen molar-refractivity contribution in [1.29, 1.82) is 0 Å². The van der Waals surface area contributed by atoms with E-state index in [9.17, 15) is 0 Å². The standard InChI is InChI=1S/C11H10N4/c1-2-10-8(3-4-13-10)5-9(1)11-14-6-12-7-15-11/h1-2,5-7,13H,3-4H2. The molecule has 2 aromatic rings. The number of fused-ring (bicyclic) bond motifs is 1. The Balaban J connectivity index is 2.07. The summed E-state index contributed by atoms with van der Waals surface area (Å²) in [7, 11) is 0. The highest BCUT2D eigenvalue weighted by Gasteiger charge is 2.11. The molecule has 1 aromatic carbocycles. The zero-order valence-electron chi connectivity index (χ0n) is 8.14. The highest BCUT2D eigenvalue weighted by atomic mass is 15.0. The summed E-state index contributed by atoms with van der Waals surface area (Å²) in [6, 6.07) is 6.26. The summed E-state index contributed by atoms with van der Waals surface area (Å²) in [5.41, 5.74) is 3.63. The Morgan fingerprint density at radius 2 is 2.00 bits per heavy atom. The fraction of sp³-hybridized carbons (Fsp3) is 0.182. The Kier molecular flexibility index (Phi) is 1.84. The topological polar surface area (TPSA) is 50.7 Å². The highest BCUT2D eigenvalue weighted by Crippen LogP contribution is 2.26. The summed E-state index contributed by atoms with van der Waals surface area (Å²) in [6.45, 7) is 1.02. The van der Waals surface area contributed by atoms with Crippen molar-refractivity contribution in [3.63, 3.8) is 0 Å². The normalized spacial score (nSPS) is 13.3. The van der Waals surface area contributed by atoms with Crippen LogP contribution in [0.3, 0.4) is 0 Å². The highest BCUT2D eigenvalue weighted by molar-refractivity contribution is 5.65. The van der Waals surface area contributed by atoms with Crippen molar-refractivity contribution >= 4 is 5.69 Å². The summed E-state index contributed by atoms with van der Waals surface area (Å²) < 4.78 is 0. The summed E-state index contributed by atoms with van der Waals surface area (Å²) >= 11 is 0. The van der Waals surface area contributed by atoms with Crippen LogP contribution in [-0.2, 0) is 6.42 Å². The van der Waals surface area contributed by atoms with E-state index in [2.05, 4.69) is 32.4 Å². The van der Waals surface area contributed by atoms with Crippen molar-refractivity contribution < 1.29 is 0 Å². The van der Waals surface area contributed by atoms with Gasteiger partial charge in [-0.3, -0.25) is 0 Å². The average Bonchev–Trinajstić information content (AvgIpc) is 2.77. The first-order chi connectivity index (χ1) is 7.43. The van der Waals surface area contributed by atoms with Gasteiger partial charge < -0.3 is 5.32 Å². The van der Waals surface area contributed by atoms with Crippen LogP contribution in [-0.4, -0.2) is 21.5 Å². The molecule has 74 valence electrons. The van der Waals surface area contributed by atoms with Gasteiger partial charge in [0.15, 0.2) is 5.82 Å². The van der Waals surface area contributed by atoms with Crippen LogP contribution in [0.4, 0.5) is 5.69 Å². The molecule has 0 spiro atoms. The monoisotopic (exact) mass is 198 g/mol. The molecule has 1 aliphatic heterocycles. The molecule has 0 saturated heterocycles. The Labute approximate surface area is 87.4 Å². The van der Waals surface area contributed by atoms with E-state index in [4.69, 9.17) is 0 Å². The quantitative estimate of drug-likeness (QED) is 0.754. The molecule has 4 heteroatoms. The smallest absolute Gasteiger partial charge is 0.162 e. The predicted molar refractivity (Wildman–Crippen MR) is 57.5 cm³/mol. The van der Waals surface area contributed by atoms with E-state index in [1.165, 1.54) is 23.9 Å². The molecule has 0 aliphatic carbocycles. The molecule has 0 bridgehead atoms. The van der Waals surface area contributed by atoms with Gasteiger partial charge in [0.05, 0.1) is 0 Å². The fourth-order valence-corrected chi connectivity index (χ4v) is 1.83. The zero-order valence-corrected chi connectivity index (χ0v) is 8.14. The van der Waals surface area contributed by atoms with E-state index < -0.39 is 0 Å². The van der Waals surface area contributed by atoms with Crippen molar-refractivity contribution in [3.8, 4) is 11.4 Å². The first-order valence-corrected chi connectivity index (χ1v) is 4.93. The van der Waals surface area contributed by atoms with E-state index in [1.807, 2.05) is 6.07 Å². The van der Waals surface area contributed by atoms with Crippen molar-refractivity contribution in [2.45, 2.75) is 6.42 Å². The van der Waals surface area contributed by atoms with Crippen LogP contribution < -0.4 is 5.32 Å². The van der Waals surface area contributed by atoms with Crippen molar-refractivity contribution in [1.82, 2.24) is 15.0 Å². The first-order valence-electron chi connectivity index (χ1n) is 4.93. The molecule has 0 fully saturated rings. The maximum Gasteiger partial charge on any atom is 0.162 e. The molecule has 0 unspecified atom stereocenters.